The van der Waals surface area contributed by atoms with E-state index in [2.05, 4.69) is 109 Å². The van der Waals surface area contributed by atoms with E-state index in [1.54, 1.807) is 0 Å². The molecule has 5 heterocycles. The van der Waals surface area contributed by atoms with Crippen molar-refractivity contribution in [3.8, 4) is 0 Å². The van der Waals surface area contributed by atoms with Crippen LogP contribution in [0.5, 0.6) is 0 Å². The lowest BCUT2D eigenvalue weighted by atomic mass is 10.3. The van der Waals surface area contributed by atoms with Crippen LogP contribution in [0.2, 0.25) is 74.5 Å². The van der Waals surface area contributed by atoms with Gasteiger partial charge in [0.25, 0.3) is 10.0 Å². The first-order valence-electron chi connectivity index (χ1n) is 24.7. The molecule has 4 bridgehead atoms. The fourth-order valence-corrected chi connectivity index (χ4v) is 56.9. The highest BCUT2D eigenvalue weighted by Crippen LogP contribution is 2.50. The smallest absolute Gasteiger partial charge is 0.416 e. The Morgan fingerprint density at radius 1 is 0.453 bits per heavy atom. The SMILES string of the molecule is CC(C)C[Si]12O[SiH2]O[Si]3(CC(C)C)O[Si](CC(C)C)(O[Si](C)(C)CCCOCC4CO4)O[Si](CC(C)C)(O[Si](CC(C)C)(O[Si](C)(C)CCCOCC4CO4)O1)O[Si](CC(C)C)(O2)O3. The molecule has 0 aromatic carbocycles. The van der Waals surface area contributed by atoms with Crippen molar-refractivity contribution in [1.29, 1.82) is 0 Å². The molecule has 5 saturated heterocycles. The van der Waals surface area contributed by atoms with E-state index in [1.165, 1.54) is 0 Å². The molecule has 0 spiro atoms. The van der Waals surface area contributed by atoms with Crippen molar-refractivity contribution >= 4 is 79.5 Å². The number of rotatable bonds is 28. The van der Waals surface area contributed by atoms with Gasteiger partial charge in [0.05, 0.1) is 26.4 Å². The molecule has 0 saturated carbocycles. The highest BCUT2D eigenvalue weighted by Gasteiger charge is 2.75. The van der Waals surface area contributed by atoms with E-state index >= 15 is 0 Å². The van der Waals surface area contributed by atoms with E-state index in [0.717, 1.165) is 38.1 Å². The summed E-state index contributed by atoms with van der Waals surface area (Å²) in [5, 5.41) is 0. The van der Waals surface area contributed by atoms with Gasteiger partial charge in [0.2, 0.25) is 0 Å². The highest BCUT2D eigenvalue weighted by molar-refractivity contribution is 6.98. The predicted octanol–water partition coefficient (Wildman–Crippen LogP) is 8.80. The average Bonchev–Trinajstić information content (AvgIpc) is 4.00. The van der Waals surface area contributed by atoms with Crippen LogP contribution in [-0.4, -0.2) is 131 Å². The molecular formula is C40H90O15Si9. The van der Waals surface area contributed by atoms with Crippen LogP contribution in [0.15, 0.2) is 0 Å². The fourth-order valence-electron chi connectivity index (χ4n) is 8.96. The normalized spacial score (nSPS) is 35.2. The van der Waals surface area contributed by atoms with Crippen LogP contribution in [0.1, 0.15) is 95.9 Å². The van der Waals surface area contributed by atoms with E-state index in [-0.39, 0.29) is 47.7 Å². The Morgan fingerprint density at radius 3 is 1.08 bits per heavy atom. The van der Waals surface area contributed by atoms with Gasteiger partial charge in [-0.05, 0) is 86.6 Å². The van der Waals surface area contributed by atoms with Crippen molar-refractivity contribution < 1.29 is 64.2 Å². The first-order chi connectivity index (χ1) is 29.7. The fraction of sp³-hybridized carbons (Fsp3) is 1.00. The molecule has 24 heteroatoms. The number of epoxide rings is 2. The molecule has 0 radical (unpaired) electrons. The Labute approximate surface area is 399 Å². The molecule has 0 aromatic heterocycles. The maximum atomic E-state index is 8.06. The van der Waals surface area contributed by atoms with Crippen molar-refractivity contribution in [1.82, 2.24) is 0 Å². The maximum absolute atomic E-state index is 8.06. The molecule has 0 aromatic rings. The summed E-state index contributed by atoms with van der Waals surface area (Å²) in [4.78, 5) is 0. The van der Waals surface area contributed by atoms with Crippen LogP contribution >= 0.6 is 0 Å². The van der Waals surface area contributed by atoms with Gasteiger partial charge in [-0.1, -0.05) is 83.1 Å². The summed E-state index contributed by atoms with van der Waals surface area (Å²) in [5.74, 6) is 0.869. The van der Waals surface area contributed by atoms with Gasteiger partial charge in [0, 0.05) is 49.5 Å². The van der Waals surface area contributed by atoms with Crippen LogP contribution in [0, 0.1) is 35.5 Å². The molecule has 0 amide bonds. The van der Waals surface area contributed by atoms with Crippen LogP contribution in [-0.2, 0) is 64.2 Å². The molecular weight excluding hydrogens is 973 g/mol. The van der Waals surface area contributed by atoms with Gasteiger partial charge in [-0.3, -0.25) is 0 Å². The van der Waals surface area contributed by atoms with Crippen molar-refractivity contribution in [3.63, 3.8) is 0 Å². The lowest BCUT2D eigenvalue weighted by Gasteiger charge is -2.58. The Bertz CT molecular complexity index is 1360. The summed E-state index contributed by atoms with van der Waals surface area (Å²) in [6.07, 6.45) is 2.17. The number of hydrogen-bond acceptors (Lipinski definition) is 15. The van der Waals surface area contributed by atoms with Gasteiger partial charge in [0.1, 0.15) is 12.2 Å². The van der Waals surface area contributed by atoms with E-state index in [1.807, 2.05) is 0 Å². The highest BCUT2D eigenvalue weighted by atomic mass is 28.6. The van der Waals surface area contributed by atoms with Gasteiger partial charge >= 0.3 is 52.8 Å². The van der Waals surface area contributed by atoms with Crippen molar-refractivity contribution in [2.75, 3.05) is 39.6 Å². The zero-order valence-corrected chi connectivity index (χ0v) is 52.2. The lowest BCUT2D eigenvalue weighted by Crippen LogP contribution is -2.81. The molecule has 376 valence electrons. The summed E-state index contributed by atoms with van der Waals surface area (Å²) in [7, 11) is -30.1. The standard InChI is InChI=1S/C40H90O15Si9/c1-33(2)27-59-45-56-46-60(28-34(3)4)50-62(30-36(7)8,48-58(15,16)22-18-20-42-24-40-26-44-40)54-64(32-38(11)12,55-63(51-59,52-60)31-37(9)10)53-61(49-59,29-35(5)6)47-57(13,14)21-17-19-41-23-39-25-43-39/h33-40H,17-32,56H2,1-16H3. The Morgan fingerprint density at radius 2 is 0.750 bits per heavy atom. The van der Waals surface area contributed by atoms with Crippen LogP contribution in [0.25, 0.3) is 0 Å². The summed E-state index contributed by atoms with van der Waals surface area (Å²) in [5.41, 5.74) is 0. The Hall–Kier alpha value is 1.35. The molecule has 6 unspecified atom stereocenters. The van der Waals surface area contributed by atoms with Gasteiger partial charge in [-0.15, -0.1) is 0 Å². The summed E-state index contributed by atoms with van der Waals surface area (Å²) in [6.45, 7) is 39.6. The summed E-state index contributed by atoms with van der Waals surface area (Å²) in [6, 6.07) is 4.87. The van der Waals surface area contributed by atoms with Crippen LogP contribution in [0.3, 0.4) is 0 Å². The number of fused-ring (bicyclic) bond motifs is 3. The zero-order chi connectivity index (χ0) is 47.2. The van der Waals surface area contributed by atoms with Gasteiger partial charge in [0.15, 0.2) is 16.6 Å². The number of ether oxygens (including phenoxy) is 4. The summed E-state index contributed by atoms with van der Waals surface area (Å²) < 4.78 is 108. The minimum absolute atomic E-state index is 0.103. The van der Waals surface area contributed by atoms with E-state index in [0.29, 0.717) is 62.7 Å². The van der Waals surface area contributed by atoms with E-state index < -0.39 is 79.5 Å². The van der Waals surface area contributed by atoms with E-state index in [4.69, 9.17) is 64.2 Å². The Kier molecular flexibility index (Phi) is 20.5. The molecule has 5 aliphatic rings. The summed E-state index contributed by atoms with van der Waals surface area (Å²) >= 11 is 0. The van der Waals surface area contributed by atoms with Crippen LogP contribution < -0.4 is 0 Å². The molecule has 6 atom stereocenters. The third-order valence-corrected chi connectivity index (χ3v) is 50.9. The predicted molar refractivity (Wildman–Crippen MR) is 268 cm³/mol. The van der Waals surface area contributed by atoms with Gasteiger partial charge in [-0.25, -0.2) is 0 Å². The zero-order valence-electron chi connectivity index (χ0n) is 42.8. The van der Waals surface area contributed by atoms with Gasteiger partial charge < -0.3 is 64.2 Å². The molecule has 64 heavy (non-hydrogen) atoms. The quantitative estimate of drug-likeness (QED) is 0.0418. The van der Waals surface area contributed by atoms with Crippen molar-refractivity contribution in [2.24, 2.45) is 35.5 Å². The van der Waals surface area contributed by atoms with Gasteiger partial charge in [-0.2, -0.15) is 0 Å². The lowest BCUT2D eigenvalue weighted by molar-refractivity contribution is 0.0217. The minimum atomic E-state index is -4.05. The molecule has 0 aliphatic carbocycles. The van der Waals surface area contributed by atoms with Crippen molar-refractivity contribution in [2.45, 2.75) is 183 Å². The second-order valence-corrected chi connectivity index (χ2v) is 51.4. The molecule has 5 rings (SSSR count). The second-order valence-electron chi connectivity index (χ2n) is 22.8. The molecule has 0 N–H and O–H groups in total. The average molecular weight is 1060 g/mol. The van der Waals surface area contributed by atoms with Crippen molar-refractivity contribution in [3.05, 3.63) is 0 Å². The maximum Gasteiger partial charge on any atom is 0.479 e. The number of hydrogen-bond donors (Lipinski definition) is 0. The molecule has 5 fully saturated rings. The monoisotopic (exact) mass is 1060 g/mol. The Balaban J connectivity index is 1.71. The third kappa shape index (κ3) is 17.9. The first-order valence-corrected chi connectivity index (χ1v) is 43.7. The molecule has 15 nitrogen and oxygen atoms in total. The second kappa shape index (κ2) is 23.3. The minimum Gasteiger partial charge on any atom is -0.416 e. The first kappa shape index (κ1) is 56.3. The topological polar surface area (TPSA) is 145 Å². The largest absolute Gasteiger partial charge is 0.479 e. The van der Waals surface area contributed by atoms with Crippen LogP contribution in [0.4, 0.5) is 0 Å². The molecule has 5 aliphatic heterocycles. The third-order valence-electron chi connectivity index (χ3n) is 11.1. The van der Waals surface area contributed by atoms with E-state index in [9.17, 15) is 0 Å².